The lowest BCUT2D eigenvalue weighted by atomic mass is 10.1. The number of hydrogen-bond donors (Lipinski definition) is 2. The molecule has 0 aliphatic heterocycles. The number of alkyl halides is 1. The van der Waals surface area contributed by atoms with Gasteiger partial charge < -0.3 is 10.4 Å². The fourth-order valence-corrected chi connectivity index (χ4v) is 1.69. The first kappa shape index (κ1) is 12.8. The zero-order chi connectivity index (χ0) is 12.1. The molecule has 0 fully saturated rings. The van der Waals surface area contributed by atoms with Crippen molar-refractivity contribution in [1.82, 2.24) is 10.3 Å². The van der Waals surface area contributed by atoms with Gasteiger partial charge in [-0.15, -0.1) is 11.6 Å². The minimum absolute atomic E-state index is 0.00124. The summed E-state index contributed by atoms with van der Waals surface area (Å²) in [4.78, 5) is 15.4. The summed E-state index contributed by atoms with van der Waals surface area (Å²) < 4.78 is 0. The number of carbonyl (C=O) groups is 1. The highest BCUT2D eigenvalue weighted by atomic mass is 35.5. The van der Waals surface area contributed by atoms with Crippen LogP contribution in [-0.4, -0.2) is 27.4 Å². The molecular weight excluding hydrogens is 228 g/mol. The lowest BCUT2D eigenvalue weighted by molar-refractivity contribution is 0.0935. The summed E-state index contributed by atoms with van der Waals surface area (Å²) in [6.07, 6.45) is 3.38. The Hall–Kier alpha value is -1.29. The van der Waals surface area contributed by atoms with E-state index in [0.29, 0.717) is 6.42 Å². The van der Waals surface area contributed by atoms with Gasteiger partial charge in [-0.2, -0.15) is 0 Å². The van der Waals surface area contributed by atoms with Gasteiger partial charge >= 0.3 is 0 Å². The van der Waals surface area contributed by atoms with Gasteiger partial charge in [0.1, 0.15) is 5.75 Å². The van der Waals surface area contributed by atoms with Crippen molar-refractivity contribution in [1.29, 1.82) is 0 Å². The molecule has 0 aromatic carbocycles. The van der Waals surface area contributed by atoms with Crippen LogP contribution in [0.1, 0.15) is 30.6 Å². The van der Waals surface area contributed by atoms with Crippen molar-refractivity contribution in [2.75, 3.05) is 0 Å². The first-order chi connectivity index (χ1) is 7.50. The second kappa shape index (κ2) is 5.70. The van der Waals surface area contributed by atoms with Gasteiger partial charge in [0.25, 0.3) is 5.91 Å². The van der Waals surface area contributed by atoms with Crippen LogP contribution in [0.15, 0.2) is 18.5 Å². The molecule has 5 heteroatoms. The maximum atomic E-state index is 11.7. The van der Waals surface area contributed by atoms with Crippen LogP contribution >= 0.6 is 11.6 Å². The highest BCUT2D eigenvalue weighted by molar-refractivity contribution is 6.20. The number of nitrogens with one attached hydrogen (secondary N) is 1. The van der Waals surface area contributed by atoms with E-state index in [1.165, 1.54) is 18.5 Å². The average molecular weight is 243 g/mol. The normalized spacial score (nSPS) is 14.2. The number of aromatic nitrogens is 1. The Balaban J connectivity index is 2.63. The minimum atomic E-state index is -0.315. The van der Waals surface area contributed by atoms with Crippen molar-refractivity contribution in [2.45, 2.75) is 31.7 Å². The second-order valence-corrected chi connectivity index (χ2v) is 4.53. The average Bonchev–Trinajstić information content (AvgIpc) is 2.16. The number of halogens is 1. The van der Waals surface area contributed by atoms with Crippen molar-refractivity contribution < 1.29 is 9.90 Å². The molecule has 1 aromatic heterocycles. The monoisotopic (exact) mass is 242 g/mol. The molecule has 0 aliphatic carbocycles. The van der Waals surface area contributed by atoms with E-state index in [1.807, 2.05) is 13.8 Å². The Bertz CT molecular complexity index is 369. The van der Waals surface area contributed by atoms with Crippen LogP contribution in [0.2, 0.25) is 0 Å². The molecule has 1 aromatic rings. The van der Waals surface area contributed by atoms with Crippen molar-refractivity contribution in [3.63, 3.8) is 0 Å². The smallest absolute Gasteiger partial charge is 0.255 e. The van der Waals surface area contributed by atoms with E-state index in [2.05, 4.69) is 10.3 Å². The zero-order valence-corrected chi connectivity index (χ0v) is 10.0. The van der Waals surface area contributed by atoms with Gasteiger partial charge in [-0.05, 0) is 26.3 Å². The van der Waals surface area contributed by atoms with Gasteiger partial charge in [0, 0.05) is 17.6 Å². The quantitative estimate of drug-likeness (QED) is 0.793. The fraction of sp³-hybridized carbons (Fsp3) is 0.455. The van der Waals surface area contributed by atoms with E-state index in [4.69, 9.17) is 11.6 Å². The lowest BCUT2D eigenvalue weighted by Gasteiger charge is -2.15. The highest BCUT2D eigenvalue weighted by Crippen LogP contribution is 2.14. The third kappa shape index (κ3) is 3.70. The number of nitrogens with zero attached hydrogens (tertiary/aromatic N) is 1. The van der Waals surface area contributed by atoms with Crippen molar-refractivity contribution in [3.05, 3.63) is 24.0 Å². The third-order valence-corrected chi connectivity index (χ3v) is 2.28. The SMILES string of the molecule is CC(Cl)CC(C)NC(=O)c1ccncc1O. The molecular formula is C11H15ClN2O2. The Morgan fingerprint density at radius 1 is 1.62 bits per heavy atom. The van der Waals surface area contributed by atoms with Crippen molar-refractivity contribution in [3.8, 4) is 5.75 Å². The summed E-state index contributed by atoms with van der Waals surface area (Å²) in [7, 11) is 0. The molecule has 2 atom stereocenters. The molecule has 0 saturated heterocycles. The molecule has 1 rings (SSSR count). The summed E-state index contributed by atoms with van der Waals surface area (Å²) in [6, 6.07) is 1.44. The fourth-order valence-electron chi connectivity index (χ4n) is 1.43. The molecule has 16 heavy (non-hydrogen) atoms. The maximum Gasteiger partial charge on any atom is 0.255 e. The van der Waals surface area contributed by atoms with Crippen LogP contribution in [-0.2, 0) is 0 Å². The number of amides is 1. The Labute approximate surface area is 99.6 Å². The van der Waals surface area contributed by atoms with Crippen LogP contribution < -0.4 is 5.32 Å². The molecule has 1 amide bonds. The first-order valence-electron chi connectivity index (χ1n) is 5.08. The van der Waals surface area contributed by atoms with E-state index >= 15 is 0 Å². The van der Waals surface area contributed by atoms with Crippen molar-refractivity contribution >= 4 is 17.5 Å². The Morgan fingerprint density at radius 2 is 2.31 bits per heavy atom. The van der Waals surface area contributed by atoms with Crippen LogP contribution in [0.3, 0.4) is 0 Å². The van der Waals surface area contributed by atoms with Crippen molar-refractivity contribution in [2.24, 2.45) is 0 Å². The molecule has 2 N–H and O–H groups in total. The molecule has 0 bridgehead atoms. The number of rotatable bonds is 4. The minimum Gasteiger partial charge on any atom is -0.505 e. The predicted molar refractivity (Wildman–Crippen MR) is 62.8 cm³/mol. The van der Waals surface area contributed by atoms with E-state index < -0.39 is 0 Å². The van der Waals surface area contributed by atoms with Gasteiger partial charge in [0.15, 0.2) is 0 Å². The zero-order valence-electron chi connectivity index (χ0n) is 9.27. The number of aromatic hydroxyl groups is 1. The Morgan fingerprint density at radius 3 is 2.88 bits per heavy atom. The van der Waals surface area contributed by atoms with Gasteiger partial charge in [0.05, 0.1) is 11.8 Å². The number of hydrogen-bond acceptors (Lipinski definition) is 3. The molecule has 4 nitrogen and oxygen atoms in total. The summed E-state index contributed by atoms with van der Waals surface area (Å²) in [5, 5.41) is 12.2. The first-order valence-corrected chi connectivity index (χ1v) is 5.52. The van der Waals surface area contributed by atoms with E-state index in [1.54, 1.807) is 0 Å². The van der Waals surface area contributed by atoms with Crippen LogP contribution in [0.4, 0.5) is 0 Å². The number of pyridine rings is 1. The van der Waals surface area contributed by atoms with Crippen LogP contribution in [0, 0.1) is 0 Å². The van der Waals surface area contributed by atoms with Crippen LogP contribution in [0.5, 0.6) is 5.75 Å². The van der Waals surface area contributed by atoms with E-state index in [0.717, 1.165) is 0 Å². The van der Waals surface area contributed by atoms with Gasteiger partial charge in [-0.25, -0.2) is 0 Å². The molecule has 2 unspecified atom stereocenters. The standard InChI is InChI=1S/C11H15ClN2O2/c1-7(12)5-8(2)14-11(16)9-3-4-13-6-10(9)15/h3-4,6-8,15H,5H2,1-2H3,(H,14,16). The maximum absolute atomic E-state index is 11.7. The second-order valence-electron chi connectivity index (χ2n) is 3.78. The third-order valence-electron chi connectivity index (χ3n) is 2.10. The summed E-state index contributed by atoms with van der Waals surface area (Å²) in [5.74, 6) is -0.434. The van der Waals surface area contributed by atoms with Gasteiger partial charge in [-0.1, -0.05) is 0 Å². The molecule has 0 spiro atoms. The highest BCUT2D eigenvalue weighted by Gasteiger charge is 2.14. The Kier molecular flexibility index (Phi) is 4.55. The van der Waals surface area contributed by atoms with Crippen LogP contribution in [0.25, 0.3) is 0 Å². The molecule has 0 radical (unpaired) electrons. The molecule has 0 saturated carbocycles. The lowest BCUT2D eigenvalue weighted by Crippen LogP contribution is -2.33. The van der Waals surface area contributed by atoms with Gasteiger partial charge in [0.2, 0.25) is 0 Å². The summed E-state index contributed by atoms with van der Waals surface area (Å²) in [6.45, 7) is 3.74. The van der Waals surface area contributed by atoms with Gasteiger partial charge in [-0.3, -0.25) is 9.78 Å². The summed E-state index contributed by atoms with van der Waals surface area (Å²) >= 11 is 5.82. The molecule has 1 heterocycles. The number of carbonyl (C=O) groups excluding carboxylic acids is 1. The molecule has 0 aliphatic rings. The molecule has 88 valence electrons. The van der Waals surface area contributed by atoms with E-state index in [9.17, 15) is 9.90 Å². The largest absolute Gasteiger partial charge is 0.505 e. The van der Waals surface area contributed by atoms with E-state index in [-0.39, 0.29) is 28.6 Å². The topological polar surface area (TPSA) is 62.2 Å². The predicted octanol–water partition coefficient (Wildman–Crippen LogP) is 1.92. The summed E-state index contributed by atoms with van der Waals surface area (Å²) in [5.41, 5.74) is 0.226.